The van der Waals surface area contributed by atoms with Gasteiger partial charge in [0.15, 0.2) is 15.7 Å². The number of aromatic amines is 1. The summed E-state index contributed by atoms with van der Waals surface area (Å²) in [5.74, 6) is 0.622. The maximum absolute atomic E-state index is 13.3. The van der Waals surface area contributed by atoms with Crippen molar-refractivity contribution in [1.82, 2.24) is 24.8 Å². The molecule has 7 rings (SSSR count). The fraction of sp³-hybridized carbons (Fsp3) is 0.448. The van der Waals surface area contributed by atoms with E-state index in [4.69, 9.17) is 4.74 Å². The summed E-state index contributed by atoms with van der Waals surface area (Å²) in [6.07, 6.45) is 4.98. The zero-order valence-corrected chi connectivity index (χ0v) is 23.5. The SMILES string of the molecule is Cc1[nH]c(-c2cc(-c3cc4c(c(S(C)(=O)=O)c3)C(=O)N(C(C)C3CC3)C4)ccn2)nc1C(=O)N1CC2(COC2)C1. The van der Waals surface area contributed by atoms with E-state index in [1.165, 1.54) is 0 Å². The lowest BCUT2D eigenvalue weighted by Gasteiger charge is -2.54. The van der Waals surface area contributed by atoms with E-state index < -0.39 is 9.84 Å². The van der Waals surface area contributed by atoms with E-state index in [0.29, 0.717) is 72.8 Å². The highest BCUT2D eigenvalue weighted by Gasteiger charge is 2.51. The molecule has 5 heterocycles. The molecule has 4 aliphatic rings. The molecular weight excluding hydrogens is 530 g/mol. The largest absolute Gasteiger partial charge is 0.380 e. The fourth-order valence-electron chi connectivity index (χ4n) is 6.22. The molecule has 3 aromatic rings. The lowest BCUT2D eigenvalue weighted by molar-refractivity contribution is -0.176. The summed E-state index contributed by atoms with van der Waals surface area (Å²) in [6.45, 7) is 7.03. The minimum absolute atomic E-state index is 0.0553. The first-order valence-corrected chi connectivity index (χ1v) is 15.5. The summed E-state index contributed by atoms with van der Waals surface area (Å²) >= 11 is 0. The van der Waals surface area contributed by atoms with E-state index in [9.17, 15) is 18.0 Å². The van der Waals surface area contributed by atoms with E-state index in [0.717, 1.165) is 30.2 Å². The number of nitrogens with one attached hydrogen (secondary N) is 1. The Kier molecular flexibility index (Phi) is 5.53. The molecule has 0 radical (unpaired) electrons. The van der Waals surface area contributed by atoms with Crippen LogP contribution in [-0.4, -0.2) is 83.6 Å². The number of imidazole rings is 1. The number of aryl methyl sites for hydroxylation is 1. The van der Waals surface area contributed by atoms with Crippen LogP contribution >= 0.6 is 0 Å². The third kappa shape index (κ3) is 4.05. The van der Waals surface area contributed by atoms with Crippen LogP contribution in [0.1, 0.15) is 51.9 Å². The van der Waals surface area contributed by atoms with Gasteiger partial charge >= 0.3 is 0 Å². The topological polar surface area (TPSA) is 126 Å². The number of sulfone groups is 1. The highest BCUT2D eigenvalue weighted by atomic mass is 32.2. The molecule has 1 unspecified atom stereocenters. The molecule has 2 saturated heterocycles. The van der Waals surface area contributed by atoms with Crippen molar-refractivity contribution in [3.05, 3.63) is 53.0 Å². The number of benzene rings is 1. The minimum Gasteiger partial charge on any atom is -0.380 e. The van der Waals surface area contributed by atoms with Gasteiger partial charge in [-0.1, -0.05) is 0 Å². The summed E-state index contributed by atoms with van der Waals surface area (Å²) < 4.78 is 31.0. The van der Waals surface area contributed by atoms with Gasteiger partial charge in [-0.25, -0.2) is 13.4 Å². The third-order valence-electron chi connectivity index (χ3n) is 8.77. The van der Waals surface area contributed by atoms with Gasteiger partial charge in [-0.15, -0.1) is 0 Å². The van der Waals surface area contributed by atoms with Crippen LogP contribution in [-0.2, 0) is 21.1 Å². The average Bonchev–Trinajstić information content (AvgIpc) is 3.57. The molecule has 1 aliphatic carbocycles. The Balaban J connectivity index is 1.21. The van der Waals surface area contributed by atoms with Crippen molar-refractivity contribution in [2.75, 3.05) is 32.6 Å². The Morgan fingerprint density at radius 3 is 2.58 bits per heavy atom. The van der Waals surface area contributed by atoms with Crippen molar-refractivity contribution < 1.29 is 22.7 Å². The molecule has 208 valence electrons. The summed E-state index contributed by atoms with van der Waals surface area (Å²) in [7, 11) is -3.66. The molecule has 3 fully saturated rings. The zero-order chi connectivity index (χ0) is 28.0. The van der Waals surface area contributed by atoms with Gasteiger partial charge < -0.3 is 19.5 Å². The summed E-state index contributed by atoms with van der Waals surface area (Å²) in [6, 6.07) is 7.20. The smallest absolute Gasteiger partial charge is 0.274 e. The van der Waals surface area contributed by atoms with Crippen LogP contribution in [0.4, 0.5) is 0 Å². The number of rotatable bonds is 6. The van der Waals surface area contributed by atoms with Crippen LogP contribution in [0.25, 0.3) is 22.6 Å². The van der Waals surface area contributed by atoms with Gasteiger partial charge in [0.05, 0.1) is 29.1 Å². The first-order chi connectivity index (χ1) is 19.0. The number of hydrogen-bond donors (Lipinski definition) is 1. The van der Waals surface area contributed by atoms with Crippen molar-refractivity contribution in [3.63, 3.8) is 0 Å². The second kappa shape index (κ2) is 8.71. The second-order valence-electron chi connectivity index (χ2n) is 11.9. The number of amides is 2. The number of H-pyrrole nitrogens is 1. The molecule has 1 atom stereocenters. The molecule has 40 heavy (non-hydrogen) atoms. The van der Waals surface area contributed by atoms with Crippen LogP contribution in [0, 0.1) is 18.3 Å². The number of hydrogen-bond acceptors (Lipinski definition) is 7. The third-order valence-corrected chi connectivity index (χ3v) is 9.89. The van der Waals surface area contributed by atoms with E-state index in [2.05, 4.69) is 15.0 Å². The highest BCUT2D eigenvalue weighted by Crippen LogP contribution is 2.41. The molecule has 1 saturated carbocycles. The predicted molar refractivity (Wildman–Crippen MR) is 146 cm³/mol. The minimum atomic E-state index is -3.66. The van der Waals surface area contributed by atoms with Crippen molar-refractivity contribution in [3.8, 4) is 22.6 Å². The quantitative estimate of drug-likeness (QED) is 0.490. The molecule has 1 aromatic carbocycles. The van der Waals surface area contributed by atoms with Crippen molar-refractivity contribution in [2.45, 2.75) is 44.2 Å². The lowest BCUT2D eigenvalue weighted by atomic mass is 9.78. The number of nitrogens with zero attached hydrogens (tertiary/aromatic N) is 4. The maximum atomic E-state index is 13.3. The normalized spacial score (nSPS) is 20.3. The molecule has 3 aliphatic heterocycles. The van der Waals surface area contributed by atoms with Crippen molar-refractivity contribution >= 4 is 21.7 Å². The first kappa shape index (κ1) is 25.4. The van der Waals surface area contributed by atoms with Crippen LogP contribution in [0.3, 0.4) is 0 Å². The molecule has 1 spiro atoms. The Labute approximate surface area is 232 Å². The number of fused-ring (bicyclic) bond motifs is 1. The fourth-order valence-corrected chi connectivity index (χ4v) is 7.15. The molecule has 11 heteroatoms. The zero-order valence-electron chi connectivity index (χ0n) is 22.7. The highest BCUT2D eigenvalue weighted by molar-refractivity contribution is 7.90. The monoisotopic (exact) mass is 561 g/mol. The number of aromatic nitrogens is 3. The predicted octanol–water partition coefficient (Wildman–Crippen LogP) is 3.08. The number of ether oxygens (including phenoxy) is 1. The molecule has 10 nitrogen and oxygen atoms in total. The Morgan fingerprint density at radius 1 is 1.18 bits per heavy atom. The number of carbonyl (C=O) groups excluding carboxylic acids is 2. The number of carbonyl (C=O) groups is 2. The van der Waals surface area contributed by atoms with Crippen LogP contribution in [0.5, 0.6) is 0 Å². The molecule has 2 aromatic heterocycles. The molecule has 1 N–H and O–H groups in total. The van der Waals surface area contributed by atoms with Crippen molar-refractivity contribution in [2.24, 2.45) is 11.3 Å². The lowest BCUT2D eigenvalue weighted by Crippen LogP contribution is -2.67. The van der Waals surface area contributed by atoms with Gasteiger partial charge in [0.1, 0.15) is 11.4 Å². The van der Waals surface area contributed by atoms with Crippen molar-refractivity contribution in [1.29, 1.82) is 0 Å². The summed E-state index contributed by atoms with van der Waals surface area (Å²) in [5, 5.41) is 0. The van der Waals surface area contributed by atoms with Crippen LogP contribution in [0.2, 0.25) is 0 Å². The van der Waals surface area contributed by atoms with Crippen LogP contribution in [0.15, 0.2) is 35.4 Å². The first-order valence-electron chi connectivity index (χ1n) is 13.6. The number of pyridine rings is 1. The second-order valence-corrected chi connectivity index (χ2v) is 13.9. The van der Waals surface area contributed by atoms with Crippen LogP contribution < -0.4 is 0 Å². The molecule has 0 bridgehead atoms. The van der Waals surface area contributed by atoms with Gasteiger partial charge in [0, 0.05) is 43.8 Å². The Morgan fingerprint density at radius 2 is 1.93 bits per heavy atom. The Hall–Kier alpha value is -3.57. The standard InChI is InChI=1S/C29H31N5O5S/c1-16-25(28(36)33-12-29(13-33)14-39-15-29)32-26(31-16)22-9-19(6-7-30-22)20-8-21-11-34(17(2)18-4-5-18)27(35)24(21)23(10-20)40(3,37)38/h6-10,17-18H,4-5,11-15H2,1-3H3,(H,31,32). The number of likely N-dealkylation sites (tertiary alicyclic amines) is 1. The average molecular weight is 562 g/mol. The van der Waals surface area contributed by atoms with E-state index >= 15 is 0 Å². The molecular formula is C29H31N5O5S. The summed E-state index contributed by atoms with van der Waals surface area (Å²) in [5.41, 5.74) is 4.14. The van der Waals surface area contributed by atoms with Gasteiger partial charge in [-0.05, 0) is 73.6 Å². The summed E-state index contributed by atoms with van der Waals surface area (Å²) in [4.78, 5) is 42.4. The van der Waals surface area contributed by atoms with E-state index in [1.807, 2.05) is 26.0 Å². The van der Waals surface area contributed by atoms with Gasteiger partial charge in [-0.3, -0.25) is 14.6 Å². The van der Waals surface area contributed by atoms with E-state index in [1.54, 1.807) is 28.1 Å². The van der Waals surface area contributed by atoms with Gasteiger partial charge in [0.2, 0.25) is 0 Å². The van der Waals surface area contributed by atoms with E-state index in [-0.39, 0.29) is 28.2 Å². The Bertz CT molecular complexity index is 1680. The van der Waals surface area contributed by atoms with Gasteiger partial charge in [0.25, 0.3) is 11.8 Å². The van der Waals surface area contributed by atoms with Gasteiger partial charge in [-0.2, -0.15) is 0 Å². The maximum Gasteiger partial charge on any atom is 0.274 e. The molecule has 2 amide bonds.